The lowest BCUT2D eigenvalue weighted by molar-refractivity contribution is 0.262. The van der Waals surface area contributed by atoms with E-state index in [1.807, 2.05) is 18.2 Å². The lowest BCUT2D eigenvalue weighted by atomic mass is 10.2. The number of hydrogen-bond acceptors (Lipinski definition) is 2. The summed E-state index contributed by atoms with van der Waals surface area (Å²) in [6.45, 7) is 2.76. The second kappa shape index (κ2) is 5.25. The van der Waals surface area contributed by atoms with Gasteiger partial charge in [-0.3, -0.25) is 0 Å². The van der Waals surface area contributed by atoms with Crippen molar-refractivity contribution < 1.29 is 9.84 Å². The van der Waals surface area contributed by atoms with E-state index < -0.39 is 0 Å². The van der Waals surface area contributed by atoms with E-state index in [1.165, 1.54) is 0 Å². The normalized spacial score (nSPS) is 10.1. The Hall–Kier alpha value is -0.540. The molecule has 0 saturated carbocycles. The number of rotatable bonds is 4. The highest BCUT2D eigenvalue weighted by molar-refractivity contribution is 9.10. The third-order valence-corrected chi connectivity index (χ3v) is 2.15. The molecule has 0 bridgehead atoms. The Morgan fingerprint density at radius 1 is 1.46 bits per heavy atom. The standard InChI is InChI=1S/C10H13BrO2/c1-2-5-13-10-6-9(11)4-3-8(10)7-12/h3-4,6,12H,2,5,7H2,1H3. The van der Waals surface area contributed by atoms with E-state index in [9.17, 15) is 0 Å². The van der Waals surface area contributed by atoms with Crippen molar-refractivity contribution >= 4 is 15.9 Å². The summed E-state index contributed by atoms with van der Waals surface area (Å²) in [6, 6.07) is 5.63. The molecule has 0 aliphatic heterocycles. The highest BCUT2D eigenvalue weighted by Crippen LogP contribution is 2.23. The molecule has 0 fully saturated rings. The molecular formula is C10H13BrO2. The van der Waals surface area contributed by atoms with E-state index in [1.54, 1.807) is 0 Å². The van der Waals surface area contributed by atoms with Crippen molar-refractivity contribution in [2.75, 3.05) is 6.61 Å². The number of benzene rings is 1. The van der Waals surface area contributed by atoms with Crippen LogP contribution in [0.3, 0.4) is 0 Å². The molecule has 1 aromatic rings. The smallest absolute Gasteiger partial charge is 0.125 e. The van der Waals surface area contributed by atoms with Crippen LogP contribution in [0, 0.1) is 0 Å². The fraction of sp³-hybridized carbons (Fsp3) is 0.400. The van der Waals surface area contributed by atoms with Crippen molar-refractivity contribution in [1.29, 1.82) is 0 Å². The largest absolute Gasteiger partial charge is 0.493 e. The number of aliphatic hydroxyl groups is 1. The summed E-state index contributed by atoms with van der Waals surface area (Å²) >= 11 is 3.36. The molecule has 2 nitrogen and oxygen atoms in total. The van der Waals surface area contributed by atoms with Crippen molar-refractivity contribution in [2.24, 2.45) is 0 Å². The first-order valence-corrected chi connectivity index (χ1v) is 5.09. The number of hydrogen-bond donors (Lipinski definition) is 1. The van der Waals surface area contributed by atoms with Crippen LogP contribution in [0.1, 0.15) is 18.9 Å². The van der Waals surface area contributed by atoms with Crippen LogP contribution in [0.25, 0.3) is 0 Å². The molecular weight excluding hydrogens is 232 g/mol. The van der Waals surface area contributed by atoms with Crippen LogP contribution in [-0.2, 0) is 6.61 Å². The van der Waals surface area contributed by atoms with E-state index in [-0.39, 0.29) is 6.61 Å². The van der Waals surface area contributed by atoms with Gasteiger partial charge in [-0.15, -0.1) is 0 Å². The maximum atomic E-state index is 9.01. The van der Waals surface area contributed by atoms with Crippen molar-refractivity contribution in [3.8, 4) is 5.75 Å². The molecule has 0 amide bonds. The Bertz CT molecular complexity index is 274. The van der Waals surface area contributed by atoms with Gasteiger partial charge in [0, 0.05) is 10.0 Å². The zero-order chi connectivity index (χ0) is 9.68. The predicted octanol–water partition coefficient (Wildman–Crippen LogP) is 2.73. The topological polar surface area (TPSA) is 29.5 Å². The second-order valence-electron chi connectivity index (χ2n) is 2.76. The van der Waals surface area contributed by atoms with E-state index in [2.05, 4.69) is 22.9 Å². The summed E-state index contributed by atoms with van der Waals surface area (Å²) in [5.41, 5.74) is 0.830. The number of ether oxygens (including phenoxy) is 1. The van der Waals surface area contributed by atoms with Gasteiger partial charge in [0.2, 0.25) is 0 Å². The third kappa shape index (κ3) is 3.01. The van der Waals surface area contributed by atoms with Gasteiger partial charge in [0.15, 0.2) is 0 Å². The number of halogens is 1. The van der Waals surface area contributed by atoms with Crippen LogP contribution >= 0.6 is 15.9 Å². The fourth-order valence-electron chi connectivity index (χ4n) is 1.01. The zero-order valence-corrected chi connectivity index (χ0v) is 9.17. The maximum absolute atomic E-state index is 9.01. The molecule has 0 unspecified atom stereocenters. The third-order valence-electron chi connectivity index (χ3n) is 1.66. The molecule has 3 heteroatoms. The lowest BCUT2D eigenvalue weighted by Crippen LogP contribution is -1.98. The molecule has 0 spiro atoms. The molecule has 0 aromatic heterocycles. The van der Waals surface area contributed by atoms with Gasteiger partial charge in [0.1, 0.15) is 5.75 Å². The van der Waals surface area contributed by atoms with Gasteiger partial charge in [-0.1, -0.05) is 28.9 Å². The molecule has 0 aliphatic carbocycles. The van der Waals surface area contributed by atoms with Crippen LogP contribution in [0.5, 0.6) is 5.75 Å². The Morgan fingerprint density at radius 2 is 2.23 bits per heavy atom. The van der Waals surface area contributed by atoms with Gasteiger partial charge >= 0.3 is 0 Å². The first-order valence-electron chi connectivity index (χ1n) is 4.30. The minimum atomic E-state index is 0.0202. The van der Waals surface area contributed by atoms with Crippen molar-refractivity contribution in [1.82, 2.24) is 0 Å². The van der Waals surface area contributed by atoms with Crippen LogP contribution < -0.4 is 4.74 Å². The molecule has 0 atom stereocenters. The van der Waals surface area contributed by atoms with Crippen LogP contribution in [0.2, 0.25) is 0 Å². The molecule has 13 heavy (non-hydrogen) atoms. The fourth-order valence-corrected chi connectivity index (χ4v) is 1.35. The molecule has 0 aliphatic rings. The monoisotopic (exact) mass is 244 g/mol. The predicted molar refractivity (Wildman–Crippen MR) is 55.9 cm³/mol. The van der Waals surface area contributed by atoms with Crippen LogP contribution in [0.4, 0.5) is 0 Å². The first-order chi connectivity index (χ1) is 6.27. The molecule has 1 aromatic carbocycles. The minimum absolute atomic E-state index is 0.0202. The van der Waals surface area contributed by atoms with E-state index >= 15 is 0 Å². The van der Waals surface area contributed by atoms with Crippen molar-refractivity contribution in [3.05, 3.63) is 28.2 Å². The van der Waals surface area contributed by atoms with Crippen molar-refractivity contribution in [2.45, 2.75) is 20.0 Å². The average molecular weight is 245 g/mol. The summed E-state index contributed by atoms with van der Waals surface area (Å²) in [7, 11) is 0. The summed E-state index contributed by atoms with van der Waals surface area (Å²) in [5, 5.41) is 9.01. The minimum Gasteiger partial charge on any atom is -0.493 e. The molecule has 0 radical (unpaired) electrons. The van der Waals surface area contributed by atoms with E-state index in [4.69, 9.17) is 9.84 Å². The van der Waals surface area contributed by atoms with Crippen molar-refractivity contribution in [3.63, 3.8) is 0 Å². The SMILES string of the molecule is CCCOc1cc(Br)ccc1CO. The maximum Gasteiger partial charge on any atom is 0.125 e. The Morgan fingerprint density at radius 3 is 2.85 bits per heavy atom. The highest BCUT2D eigenvalue weighted by Gasteiger charge is 2.02. The summed E-state index contributed by atoms with van der Waals surface area (Å²) in [5.74, 6) is 0.763. The van der Waals surface area contributed by atoms with E-state index in [0.29, 0.717) is 6.61 Å². The Balaban J connectivity index is 2.81. The number of aliphatic hydroxyl groups excluding tert-OH is 1. The van der Waals surface area contributed by atoms with Gasteiger partial charge in [-0.25, -0.2) is 0 Å². The van der Waals surface area contributed by atoms with Gasteiger partial charge in [-0.05, 0) is 18.6 Å². The summed E-state index contributed by atoms with van der Waals surface area (Å²) in [6.07, 6.45) is 0.970. The quantitative estimate of drug-likeness (QED) is 0.883. The molecule has 0 saturated heterocycles. The summed E-state index contributed by atoms with van der Waals surface area (Å²) < 4.78 is 6.44. The Kier molecular flexibility index (Phi) is 4.25. The first kappa shape index (κ1) is 10.5. The van der Waals surface area contributed by atoms with Gasteiger partial charge in [0.05, 0.1) is 13.2 Å². The van der Waals surface area contributed by atoms with Crippen LogP contribution in [-0.4, -0.2) is 11.7 Å². The molecule has 1 rings (SSSR count). The zero-order valence-electron chi connectivity index (χ0n) is 7.59. The van der Waals surface area contributed by atoms with Gasteiger partial charge in [-0.2, -0.15) is 0 Å². The summed E-state index contributed by atoms with van der Waals surface area (Å²) in [4.78, 5) is 0. The highest BCUT2D eigenvalue weighted by atomic mass is 79.9. The van der Waals surface area contributed by atoms with Gasteiger partial charge < -0.3 is 9.84 Å². The average Bonchev–Trinajstić information content (AvgIpc) is 2.15. The molecule has 0 heterocycles. The Labute approximate surface area is 86.7 Å². The molecule has 72 valence electrons. The van der Waals surface area contributed by atoms with E-state index in [0.717, 1.165) is 22.2 Å². The molecule has 1 N–H and O–H groups in total. The lowest BCUT2D eigenvalue weighted by Gasteiger charge is -2.09. The second-order valence-corrected chi connectivity index (χ2v) is 3.67. The van der Waals surface area contributed by atoms with Crippen LogP contribution in [0.15, 0.2) is 22.7 Å². The van der Waals surface area contributed by atoms with Gasteiger partial charge in [0.25, 0.3) is 0 Å².